The van der Waals surface area contributed by atoms with Gasteiger partial charge >= 0.3 is 6.11 Å². The second-order valence-electron chi connectivity index (χ2n) is 4.70. The maximum absolute atomic E-state index is 12.8. The van der Waals surface area contributed by atoms with Crippen molar-refractivity contribution in [3.05, 3.63) is 47.1 Å². The molecule has 0 amide bonds. The van der Waals surface area contributed by atoms with Gasteiger partial charge in [0, 0.05) is 24.5 Å². The zero-order valence-corrected chi connectivity index (χ0v) is 12.7. The van der Waals surface area contributed by atoms with E-state index >= 15 is 0 Å². The maximum atomic E-state index is 12.8. The van der Waals surface area contributed by atoms with Crippen LogP contribution in [0.5, 0.6) is 5.75 Å². The van der Waals surface area contributed by atoms with Gasteiger partial charge in [0.05, 0.1) is 10.6 Å². The minimum Gasteiger partial charge on any atom is -0.433 e. The molecule has 0 spiro atoms. The number of ether oxygens (including phenoxy) is 1. The highest BCUT2D eigenvalue weighted by molar-refractivity contribution is 6.34. The summed E-state index contributed by atoms with van der Waals surface area (Å²) in [6.45, 7) is 2.28. The predicted molar refractivity (Wildman–Crippen MR) is 82.7 cm³/mol. The van der Waals surface area contributed by atoms with Crippen molar-refractivity contribution < 1.29 is 13.5 Å². The number of rotatable bonds is 5. The van der Waals surface area contributed by atoms with Crippen LogP contribution in [0, 0.1) is 5.41 Å². The average molecular weight is 326 g/mol. The van der Waals surface area contributed by atoms with Crippen molar-refractivity contribution >= 4 is 28.8 Å². The molecular weight excluding hydrogens is 312 g/mol. The lowest BCUT2D eigenvalue weighted by molar-refractivity contribution is -0.158. The van der Waals surface area contributed by atoms with Crippen LogP contribution in [-0.2, 0) is 0 Å². The molecular formula is C15H14ClF2N3O. The van der Waals surface area contributed by atoms with Gasteiger partial charge in [-0.2, -0.15) is 8.78 Å². The molecule has 7 heteroatoms. The summed E-state index contributed by atoms with van der Waals surface area (Å²) in [5, 5.41) is 11.2. The predicted octanol–water partition coefficient (Wildman–Crippen LogP) is 4.86. The third-order valence-corrected chi connectivity index (χ3v) is 3.00. The molecule has 2 rings (SSSR count). The van der Waals surface area contributed by atoms with Crippen molar-refractivity contribution in [3.8, 4) is 5.75 Å². The second kappa shape index (κ2) is 6.27. The number of benzene rings is 1. The first-order valence-electron chi connectivity index (χ1n) is 6.40. The highest BCUT2D eigenvalue weighted by atomic mass is 35.5. The molecule has 2 aromatic rings. The number of hydrogen-bond acceptors (Lipinski definition) is 4. The van der Waals surface area contributed by atoms with E-state index in [9.17, 15) is 8.78 Å². The Morgan fingerprint density at radius 3 is 2.45 bits per heavy atom. The van der Waals surface area contributed by atoms with E-state index in [1.807, 2.05) is 0 Å². The van der Waals surface area contributed by atoms with Crippen LogP contribution in [0.4, 0.5) is 20.3 Å². The van der Waals surface area contributed by atoms with Gasteiger partial charge in [-0.25, -0.2) is 4.98 Å². The Hall–Kier alpha value is -2.21. The van der Waals surface area contributed by atoms with Gasteiger partial charge in [0.15, 0.2) is 0 Å². The summed E-state index contributed by atoms with van der Waals surface area (Å²) < 4.78 is 30.0. The van der Waals surface area contributed by atoms with E-state index in [-0.39, 0.29) is 11.5 Å². The van der Waals surface area contributed by atoms with Crippen molar-refractivity contribution in [2.24, 2.45) is 0 Å². The molecule has 0 saturated heterocycles. The number of halogens is 3. The molecule has 0 radical (unpaired) electrons. The summed E-state index contributed by atoms with van der Waals surface area (Å²) >= 11 is 6.06. The molecule has 0 atom stereocenters. The molecule has 1 heterocycles. The molecule has 0 aliphatic rings. The molecule has 1 aromatic heterocycles. The number of hydrogen-bond donors (Lipinski definition) is 2. The first-order valence-corrected chi connectivity index (χ1v) is 6.78. The molecule has 0 bridgehead atoms. The van der Waals surface area contributed by atoms with E-state index in [1.54, 1.807) is 25.1 Å². The lowest BCUT2D eigenvalue weighted by atomic mass is 10.1. The lowest BCUT2D eigenvalue weighted by Gasteiger charge is -2.14. The smallest absolute Gasteiger partial charge is 0.394 e. The summed E-state index contributed by atoms with van der Waals surface area (Å²) in [6.07, 6.45) is -1.71. The molecule has 1 aromatic carbocycles. The third kappa shape index (κ3) is 4.14. The summed E-state index contributed by atoms with van der Waals surface area (Å²) in [5.74, 6) is 0.482. The molecule has 2 N–H and O–H groups in total. The van der Waals surface area contributed by atoms with Crippen LogP contribution in [0.2, 0.25) is 5.02 Å². The van der Waals surface area contributed by atoms with Crippen LogP contribution in [0.1, 0.15) is 19.4 Å². The van der Waals surface area contributed by atoms with Gasteiger partial charge in [0.25, 0.3) is 0 Å². The Bertz CT molecular complexity index is 684. The van der Waals surface area contributed by atoms with Crippen molar-refractivity contribution in [2.75, 3.05) is 5.32 Å². The molecule has 0 saturated carbocycles. The van der Waals surface area contributed by atoms with E-state index in [0.29, 0.717) is 29.0 Å². The molecule has 22 heavy (non-hydrogen) atoms. The fraction of sp³-hybridized carbons (Fsp3) is 0.200. The monoisotopic (exact) mass is 325 g/mol. The van der Waals surface area contributed by atoms with Gasteiger partial charge < -0.3 is 15.5 Å². The zero-order chi connectivity index (χ0) is 16.3. The largest absolute Gasteiger partial charge is 0.433 e. The molecule has 4 nitrogen and oxygen atoms in total. The van der Waals surface area contributed by atoms with Gasteiger partial charge in [-0.05, 0) is 37.3 Å². The van der Waals surface area contributed by atoms with Crippen LogP contribution in [0.3, 0.4) is 0 Å². The van der Waals surface area contributed by atoms with Crippen LogP contribution >= 0.6 is 11.6 Å². The molecule has 0 aliphatic heterocycles. The van der Waals surface area contributed by atoms with Crippen molar-refractivity contribution in [1.82, 2.24) is 4.98 Å². The standard InChI is InChI=1S/C15H14ClF2N3O/c1-9(19)13-12(16)7-8-20-14(13)21-10-3-5-11(6-4-10)22-15(2,17)18/h3-8,19H,1-2H3,(H,20,21). The van der Waals surface area contributed by atoms with Crippen LogP contribution in [-0.4, -0.2) is 16.8 Å². The Labute approximate surface area is 131 Å². The Kier molecular flexibility index (Phi) is 4.61. The van der Waals surface area contributed by atoms with Gasteiger partial charge in [-0.3, -0.25) is 0 Å². The molecule has 0 aliphatic carbocycles. The number of anilines is 2. The summed E-state index contributed by atoms with van der Waals surface area (Å²) in [4.78, 5) is 4.15. The fourth-order valence-electron chi connectivity index (χ4n) is 1.84. The fourth-order valence-corrected chi connectivity index (χ4v) is 2.13. The quantitative estimate of drug-likeness (QED) is 0.772. The second-order valence-corrected chi connectivity index (χ2v) is 5.11. The lowest BCUT2D eigenvalue weighted by Crippen LogP contribution is -2.18. The Morgan fingerprint density at radius 1 is 1.27 bits per heavy atom. The molecule has 0 unspecified atom stereocenters. The minimum atomic E-state index is -3.23. The Balaban J connectivity index is 2.22. The van der Waals surface area contributed by atoms with Crippen molar-refractivity contribution in [2.45, 2.75) is 20.0 Å². The highest BCUT2D eigenvalue weighted by Crippen LogP contribution is 2.27. The van der Waals surface area contributed by atoms with E-state index in [2.05, 4.69) is 15.0 Å². The maximum Gasteiger partial charge on any atom is 0.394 e. The van der Waals surface area contributed by atoms with Crippen LogP contribution in [0.25, 0.3) is 0 Å². The van der Waals surface area contributed by atoms with Gasteiger partial charge in [-0.1, -0.05) is 11.6 Å². The SMILES string of the molecule is CC(=N)c1c(Cl)ccnc1Nc1ccc(OC(C)(F)F)cc1. The highest BCUT2D eigenvalue weighted by Gasteiger charge is 2.22. The molecule has 116 valence electrons. The topological polar surface area (TPSA) is 58.0 Å². The van der Waals surface area contributed by atoms with Gasteiger partial charge in [0.2, 0.25) is 0 Å². The van der Waals surface area contributed by atoms with Crippen molar-refractivity contribution in [1.29, 1.82) is 5.41 Å². The molecule has 0 fully saturated rings. The van der Waals surface area contributed by atoms with Crippen LogP contribution in [0.15, 0.2) is 36.5 Å². The van der Waals surface area contributed by atoms with Crippen molar-refractivity contribution in [3.63, 3.8) is 0 Å². The minimum absolute atomic E-state index is 0.0561. The Morgan fingerprint density at radius 2 is 1.91 bits per heavy atom. The number of alkyl halides is 2. The summed E-state index contributed by atoms with van der Waals surface area (Å²) in [6, 6.07) is 7.59. The normalized spacial score (nSPS) is 11.1. The first kappa shape index (κ1) is 16.2. The number of nitrogens with one attached hydrogen (secondary N) is 2. The van der Waals surface area contributed by atoms with E-state index in [1.165, 1.54) is 18.3 Å². The average Bonchev–Trinajstić information content (AvgIpc) is 2.39. The first-order chi connectivity index (χ1) is 10.3. The number of aromatic nitrogens is 1. The third-order valence-electron chi connectivity index (χ3n) is 2.69. The number of nitrogens with zero attached hydrogens (tertiary/aromatic N) is 1. The van der Waals surface area contributed by atoms with Gasteiger partial charge in [-0.15, -0.1) is 0 Å². The van der Waals surface area contributed by atoms with Gasteiger partial charge in [0.1, 0.15) is 11.6 Å². The van der Waals surface area contributed by atoms with E-state index in [0.717, 1.165) is 0 Å². The van der Waals surface area contributed by atoms with E-state index in [4.69, 9.17) is 17.0 Å². The number of pyridine rings is 1. The zero-order valence-electron chi connectivity index (χ0n) is 12.0. The van der Waals surface area contributed by atoms with Crippen LogP contribution < -0.4 is 10.1 Å². The summed E-state index contributed by atoms with van der Waals surface area (Å²) in [7, 11) is 0. The van der Waals surface area contributed by atoms with E-state index < -0.39 is 6.11 Å². The summed E-state index contributed by atoms with van der Waals surface area (Å²) in [5.41, 5.74) is 1.37.